The first-order chi connectivity index (χ1) is 9.75. The minimum absolute atomic E-state index is 0.829. The molecule has 4 nitrogen and oxygen atoms in total. The van der Waals surface area contributed by atoms with Crippen LogP contribution in [0.2, 0.25) is 0 Å². The van der Waals surface area contributed by atoms with E-state index in [1.54, 1.807) is 11.3 Å². The van der Waals surface area contributed by atoms with Crippen LogP contribution in [0.5, 0.6) is 0 Å². The second kappa shape index (κ2) is 8.60. The third kappa shape index (κ3) is 5.38. The molecule has 0 aliphatic carbocycles. The van der Waals surface area contributed by atoms with Gasteiger partial charge in [-0.3, -0.25) is 4.90 Å². The number of piperazine rings is 1. The van der Waals surface area contributed by atoms with Gasteiger partial charge < -0.3 is 10.2 Å². The SMILES string of the molecule is CC(C)CCCNCCN1CCN(c2nccs2)CC1. The lowest BCUT2D eigenvalue weighted by Crippen LogP contribution is -2.48. The first-order valence-electron chi connectivity index (χ1n) is 7.83. The van der Waals surface area contributed by atoms with Crippen molar-refractivity contribution in [2.75, 3.05) is 50.7 Å². The molecule has 1 aromatic heterocycles. The van der Waals surface area contributed by atoms with E-state index < -0.39 is 0 Å². The molecule has 114 valence electrons. The molecule has 0 atom stereocenters. The zero-order valence-electron chi connectivity index (χ0n) is 12.8. The molecule has 0 amide bonds. The fourth-order valence-electron chi connectivity index (χ4n) is 2.53. The number of hydrogen-bond donors (Lipinski definition) is 1. The van der Waals surface area contributed by atoms with Crippen molar-refractivity contribution < 1.29 is 0 Å². The highest BCUT2D eigenvalue weighted by atomic mass is 32.1. The van der Waals surface area contributed by atoms with Crippen molar-refractivity contribution in [2.24, 2.45) is 5.92 Å². The van der Waals surface area contributed by atoms with Crippen LogP contribution in [0.4, 0.5) is 5.13 Å². The largest absolute Gasteiger partial charge is 0.346 e. The standard InChI is InChI=1S/C15H28N4S/c1-14(2)4-3-5-16-6-8-18-9-11-19(12-10-18)15-17-7-13-20-15/h7,13-14,16H,3-6,8-12H2,1-2H3. The number of rotatable bonds is 8. The quantitative estimate of drug-likeness (QED) is 0.746. The molecule has 0 bridgehead atoms. The predicted molar refractivity (Wildman–Crippen MR) is 87.7 cm³/mol. The molecule has 1 aliphatic rings. The van der Waals surface area contributed by atoms with Gasteiger partial charge in [0.15, 0.2) is 5.13 Å². The number of nitrogens with one attached hydrogen (secondary N) is 1. The summed E-state index contributed by atoms with van der Waals surface area (Å²) >= 11 is 1.74. The Morgan fingerprint density at radius 1 is 1.25 bits per heavy atom. The monoisotopic (exact) mass is 296 g/mol. The van der Waals surface area contributed by atoms with Crippen LogP contribution < -0.4 is 10.2 Å². The van der Waals surface area contributed by atoms with Crippen molar-refractivity contribution in [3.05, 3.63) is 11.6 Å². The van der Waals surface area contributed by atoms with Gasteiger partial charge in [0, 0.05) is 50.8 Å². The Morgan fingerprint density at radius 2 is 2.05 bits per heavy atom. The zero-order valence-corrected chi connectivity index (χ0v) is 13.7. The van der Waals surface area contributed by atoms with Gasteiger partial charge >= 0.3 is 0 Å². The summed E-state index contributed by atoms with van der Waals surface area (Å²) in [5.74, 6) is 0.829. The molecular weight excluding hydrogens is 268 g/mol. The summed E-state index contributed by atoms with van der Waals surface area (Å²) in [6.45, 7) is 12.6. The molecule has 0 spiro atoms. The van der Waals surface area contributed by atoms with Crippen LogP contribution in [0.15, 0.2) is 11.6 Å². The summed E-state index contributed by atoms with van der Waals surface area (Å²) in [5.41, 5.74) is 0. The minimum Gasteiger partial charge on any atom is -0.346 e. The minimum atomic E-state index is 0.829. The zero-order chi connectivity index (χ0) is 14.2. The predicted octanol–water partition coefficient (Wildman–Crippen LogP) is 2.29. The normalized spacial score (nSPS) is 17.1. The van der Waals surface area contributed by atoms with Crippen molar-refractivity contribution >= 4 is 16.5 Å². The molecule has 0 unspecified atom stereocenters. The summed E-state index contributed by atoms with van der Waals surface area (Å²) in [5, 5.41) is 6.80. The van der Waals surface area contributed by atoms with Gasteiger partial charge in [0.25, 0.3) is 0 Å². The van der Waals surface area contributed by atoms with Gasteiger partial charge in [-0.25, -0.2) is 4.98 Å². The topological polar surface area (TPSA) is 31.4 Å². The Bertz CT molecular complexity index is 345. The van der Waals surface area contributed by atoms with Gasteiger partial charge in [-0.05, 0) is 25.3 Å². The Balaban J connectivity index is 1.52. The molecule has 1 N–H and O–H groups in total. The van der Waals surface area contributed by atoms with Crippen molar-refractivity contribution in [2.45, 2.75) is 26.7 Å². The first kappa shape index (κ1) is 15.7. The number of hydrogen-bond acceptors (Lipinski definition) is 5. The van der Waals surface area contributed by atoms with Gasteiger partial charge in [0.1, 0.15) is 0 Å². The lowest BCUT2D eigenvalue weighted by molar-refractivity contribution is 0.257. The molecule has 5 heteroatoms. The van der Waals surface area contributed by atoms with Crippen LogP contribution in [0.1, 0.15) is 26.7 Å². The molecule has 1 saturated heterocycles. The molecule has 1 aliphatic heterocycles. The molecular formula is C15H28N4S. The third-order valence-electron chi connectivity index (χ3n) is 3.80. The summed E-state index contributed by atoms with van der Waals surface area (Å²) < 4.78 is 0. The average molecular weight is 296 g/mol. The number of thiazole rings is 1. The number of aromatic nitrogens is 1. The lowest BCUT2D eigenvalue weighted by Gasteiger charge is -2.34. The van der Waals surface area contributed by atoms with E-state index in [-0.39, 0.29) is 0 Å². The van der Waals surface area contributed by atoms with Crippen LogP contribution in [-0.2, 0) is 0 Å². The Morgan fingerprint density at radius 3 is 2.70 bits per heavy atom. The molecule has 20 heavy (non-hydrogen) atoms. The molecule has 0 saturated carbocycles. The maximum Gasteiger partial charge on any atom is 0.185 e. The Kier molecular flexibility index (Phi) is 6.76. The summed E-state index contributed by atoms with van der Waals surface area (Å²) in [6.07, 6.45) is 4.53. The summed E-state index contributed by atoms with van der Waals surface area (Å²) in [6, 6.07) is 0. The fourth-order valence-corrected chi connectivity index (χ4v) is 3.23. The lowest BCUT2D eigenvalue weighted by atomic mass is 10.1. The maximum atomic E-state index is 4.39. The average Bonchev–Trinajstić information content (AvgIpc) is 2.97. The second-order valence-corrected chi connectivity index (χ2v) is 6.80. The van der Waals surface area contributed by atoms with Gasteiger partial charge in [-0.1, -0.05) is 13.8 Å². The van der Waals surface area contributed by atoms with E-state index in [2.05, 4.69) is 39.3 Å². The number of nitrogens with zero attached hydrogens (tertiary/aromatic N) is 3. The Labute approximate surface area is 127 Å². The van der Waals surface area contributed by atoms with Gasteiger partial charge in [-0.15, -0.1) is 11.3 Å². The van der Waals surface area contributed by atoms with E-state index in [0.717, 1.165) is 45.2 Å². The Hall–Kier alpha value is -0.650. The van der Waals surface area contributed by atoms with Crippen LogP contribution in [0.25, 0.3) is 0 Å². The second-order valence-electron chi connectivity index (χ2n) is 5.93. The molecule has 1 aromatic rings. The van der Waals surface area contributed by atoms with E-state index in [9.17, 15) is 0 Å². The van der Waals surface area contributed by atoms with Crippen molar-refractivity contribution in [3.8, 4) is 0 Å². The molecule has 0 aromatic carbocycles. The summed E-state index contributed by atoms with van der Waals surface area (Å²) in [7, 11) is 0. The molecule has 1 fully saturated rings. The van der Waals surface area contributed by atoms with Gasteiger partial charge in [0.2, 0.25) is 0 Å². The molecule has 2 rings (SSSR count). The highest BCUT2D eigenvalue weighted by Gasteiger charge is 2.17. The van der Waals surface area contributed by atoms with E-state index in [1.165, 1.54) is 24.5 Å². The summed E-state index contributed by atoms with van der Waals surface area (Å²) in [4.78, 5) is 9.34. The van der Waals surface area contributed by atoms with Crippen LogP contribution in [0, 0.1) is 5.92 Å². The van der Waals surface area contributed by atoms with Crippen LogP contribution in [0.3, 0.4) is 0 Å². The number of anilines is 1. The fraction of sp³-hybridized carbons (Fsp3) is 0.800. The van der Waals surface area contributed by atoms with Gasteiger partial charge in [-0.2, -0.15) is 0 Å². The molecule has 0 radical (unpaired) electrons. The highest BCUT2D eigenvalue weighted by molar-refractivity contribution is 7.13. The highest BCUT2D eigenvalue weighted by Crippen LogP contribution is 2.18. The van der Waals surface area contributed by atoms with Gasteiger partial charge in [0.05, 0.1) is 0 Å². The van der Waals surface area contributed by atoms with E-state index >= 15 is 0 Å². The third-order valence-corrected chi connectivity index (χ3v) is 4.63. The molecule has 2 heterocycles. The van der Waals surface area contributed by atoms with E-state index in [0.29, 0.717) is 0 Å². The van der Waals surface area contributed by atoms with Crippen molar-refractivity contribution in [3.63, 3.8) is 0 Å². The van der Waals surface area contributed by atoms with Crippen LogP contribution in [-0.4, -0.2) is 55.7 Å². The smallest absolute Gasteiger partial charge is 0.185 e. The van der Waals surface area contributed by atoms with Crippen molar-refractivity contribution in [1.29, 1.82) is 0 Å². The first-order valence-corrected chi connectivity index (χ1v) is 8.71. The maximum absolute atomic E-state index is 4.39. The van der Waals surface area contributed by atoms with E-state index in [4.69, 9.17) is 0 Å². The van der Waals surface area contributed by atoms with Crippen LogP contribution >= 0.6 is 11.3 Å². The van der Waals surface area contributed by atoms with E-state index in [1.807, 2.05) is 6.20 Å². The van der Waals surface area contributed by atoms with Crippen molar-refractivity contribution in [1.82, 2.24) is 15.2 Å².